The van der Waals surface area contributed by atoms with Gasteiger partial charge in [0, 0.05) is 0 Å². The van der Waals surface area contributed by atoms with Crippen LogP contribution in [-0.2, 0) is 9.63 Å². The number of carbonyl (C=O) groups is 1. The lowest BCUT2D eigenvalue weighted by Crippen LogP contribution is -2.24. The third-order valence-electron chi connectivity index (χ3n) is 0.327. The smallest absolute Gasteiger partial charge is 0.370 e. The van der Waals surface area contributed by atoms with Gasteiger partial charge in [-0.15, -0.1) is 0 Å². The molecule has 0 aromatic heterocycles. The lowest BCUT2D eigenvalue weighted by Gasteiger charge is -1.95. The molecule has 7 heavy (non-hydrogen) atoms. The Bertz CT molecular complexity index is 70.1. The number of nitrogens with two attached hydrogens (primary N) is 1. The summed E-state index contributed by atoms with van der Waals surface area (Å²) in [5.74, 6) is 2.94. The predicted molar refractivity (Wildman–Crippen MR) is 18.5 cm³/mol. The second-order valence-corrected chi connectivity index (χ2v) is 0.811. The van der Waals surface area contributed by atoms with E-state index in [2.05, 4.69) is 10.7 Å². The molecule has 0 unspecified atom stereocenters. The summed E-state index contributed by atoms with van der Waals surface area (Å²) in [7, 11) is 0. The van der Waals surface area contributed by atoms with Crippen molar-refractivity contribution >= 4 is 5.97 Å². The van der Waals surface area contributed by atoms with Crippen LogP contribution < -0.4 is 5.90 Å². The van der Waals surface area contributed by atoms with Crippen molar-refractivity contribution in [2.24, 2.45) is 5.90 Å². The van der Waals surface area contributed by atoms with Crippen LogP contribution >= 0.6 is 0 Å². The van der Waals surface area contributed by atoms with Gasteiger partial charge in [-0.05, 0) is 0 Å². The van der Waals surface area contributed by atoms with Crippen LogP contribution in [0, 0.1) is 0 Å². The molecule has 5 heteroatoms. The van der Waals surface area contributed by atoms with E-state index in [1.807, 2.05) is 0 Å². The summed E-state index contributed by atoms with van der Waals surface area (Å²) in [5.41, 5.74) is 0. The van der Waals surface area contributed by atoms with Crippen LogP contribution in [0.1, 0.15) is 0 Å². The molecule has 0 aromatic rings. The number of hydrogen-bond acceptors (Lipinski definition) is 5. The molecule has 0 rings (SSSR count). The molecule has 0 saturated heterocycles. The van der Waals surface area contributed by atoms with Crippen molar-refractivity contribution in [3.8, 4) is 0 Å². The third kappa shape index (κ3) is 2.10. The van der Waals surface area contributed by atoms with Crippen LogP contribution in [0.5, 0.6) is 0 Å². The van der Waals surface area contributed by atoms with E-state index in [1.54, 1.807) is 0 Å². The average molecular weight is 107 g/mol. The highest BCUT2D eigenvalue weighted by atomic mass is 16.7. The minimum absolute atomic E-state index is 1.26. The maximum absolute atomic E-state index is 9.66. The van der Waals surface area contributed by atoms with E-state index in [4.69, 9.17) is 10.2 Å². The molecule has 4 N–H and O–H groups in total. The SMILES string of the molecule is NOC(=O)C(O)O. The molecule has 0 aliphatic rings. The fourth-order valence-corrected chi connectivity index (χ4v) is 0.0609. The molecule has 0 amide bonds. The Labute approximate surface area is 39.3 Å². The summed E-state index contributed by atoms with van der Waals surface area (Å²) in [5, 5.41) is 15.6. The summed E-state index contributed by atoms with van der Waals surface area (Å²) >= 11 is 0. The van der Waals surface area contributed by atoms with Gasteiger partial charge < -0.3 is 15.1 Å². The first kappa shape index (κ1) is 6.35. The van der Waals surface area contributed by atoms with Gasteiger partial charge >= 0.3 is 5.97 Å². The van der Waals surface area contributed by atoms with Gasteiger partial charge in [-0.2, -0.15) is 5.90 Å². The molecule has 0 aromatic carbocycles. The van der Waals surface area contributed by atoms with Gasteiger partial charge in [-0.25, -0.2) is 4.79 Å². The summed E-state index contributed by atoms with van der Waals surface area (Å²) in [6.45, 7) is 0. The van der Waals surface area contributed by atoms with Crippen LogP contribution in [0.3, 0.4) is 0 Å². The minimum Gasteiger partial charge on any atom is -0.370 e. The van der Waals surface area contributed by atoms with Gasteiger partial charge in [0.15, 0.2) is 0 Å². The van der Waals surface area contributed by atoms with Crippen molar-refractivity contribution in [1.29, 1.82) is 0 Å². The maximum Gasteiger partial charge on any atom is 0.381 e. The van der Waals surface area contributed by atoms with Gasteiger partial charge in [0.05, 0.1) is 0 Å². The second-order valence-electron chi connectivity index (χ2n) is 0.811. The van der Waals surface area contributed by atoms with E-state index in [-0.39, 0.29) is 0 Å². The van der Waals surface area contributed by atoms with Crippen molar-refractivity contribution in [2.45, 2.75) is 6.29 Å². The Kier molecular flexibility index (Phi) is 2.28. The predicted octanol–water partition coefficient (Wildman–Crippen LogP) is -2.29. The van der Waals surface area contributed by atoms with E-state index in [0.29, 0.717) is 0 Å². The molecule has 0 atom stereocenters. The lowest BCUT2D eigenvalue weighted by atomic mass is 10.7. The Balaban J connectivity index is 3.35. The topological polar surface area (TPSA) is 92.8 Å². The van der Waals surface area contributed by atoms with E-state index < -0.39 is 12.3 Å². The molecule has 0 fully saturated rings. The van der Waals surface area contributed by atoms with Gasteiger partial charge in [-0.3, -0.25) is 0 Å². The van der Waals surface area contributed by atoms with E-state index >= 15 is 0 Å². The standard InChI is InChI=1S/C2H5NO4/c3-7-2(6)1(4)5/h1,4-5H,3H2. The molecule has 0 aliphatic carbocycles. The number of rotatable bonds is 1. The first-order valence-electron chi connectivity index (χ1n) is 1.45. The summed E-state index contributed by atoms with van der Waals surface area (Å²) in [6, 6.07) is 0. The number of carbonyl (C=O) groups excluding carboxylic acids is 1. The van der Waals surface area contributed by atoms with Gasteiger partial charge in [0.1, 0.15) is 0 Å². The van der Waals surface area contributed by atoms with Crippen LogP contribution in [0.4, 0.5) is 0 Å². The second kappa shape index (κ2) is 2.51. The number of hydrogen-bond donors (Lipinski definition) is 3. The van der Waals surface area contributed by atoms with Gasteiger partial charge in [-0.1, -0.05) is 0 Å². The minimum atomic E-state index is -2.12. The van der Waals surface area contributed by atoms with Crippen LogP contribution in [0.25, 0.3) is 0 Å². The Morgan fingerprint density at radius 2 is 2.14 bits per heavy atom. The Hall–Kier alpha value is -0.650. The molecule has 42 valence electrons. The van der Waals surface area contributed by atoms with E-state index in [9.17, 15) is 4.79 Å². The fraction of sp³-hybridized carbons (Fsp3) is 0.500. The molecule has 0 bridgehead atoms. The molecule has 0 heterocycles. The highest BCUT2D eigenvalue weighted by molar-refractivity contribution is 5.71. The van der Waals surface area contributed by atoms with Crippen LogP contribution in [0.2, 0.25) is 0 Å². The molecule has 0 radical (unpaired) electrons. The maximum atomic E-state index is 9.66. The highest BCUT2D eigenvalue weighted by Crippen LogP contribution is 1.74. The molecular weight excluding hydrogens is 102 g/mol. The quantitative estimate of drug-likeness (QED) is 0.259. The first-order valence-corrected chi connectivity index (χ1v) is 1.45. The normalized spacial score (nSPS) is 9.14. The summed E-state index contributed by atoms with van der Waals surface area (Å²) in [6.07, 6.45) is -2.12. The lowest BCUT2D eigenvalue weighted by molar-refractivity contribution is -0.173. The molecule has 0 saturated carbocycles. The third-order valence-corrected chi connectivity index (χ3v) is 0.327. The van der Waals surface area contributed by atoms with Gasteiger partial charge in [0.2, 0.25) is 0 Å². The molecule has 0 spiro atoms. The van der Waals surface area contributed by atoms with Crippen molar-refractivity contribution < 1.29 is 19.8 Å². The largest absolute Gasteiger partial charge is 0.381 e. The van der Waals surface area contributed by atoms with E-state index in [0.717, 1.165) is 0 Å². The van der Waals surface area contributed by atoms with Crippen LogP contribution in [-0.4, -0.2) is 22.5 Å². The average Bonchev–Trinajstić information content (AvgIpc) is 1.65. The van der Waals surface area contributed by atoms with Crippen molar-refractivity contribution in [2.75, 3.05) is 0 Å². The van der Waals surface area contributed by atoms with Crippen molar-refractivity contribution in [3.05, 3.63) is 0 Å². The number of aliphatic hydroxyl groups is 2. The number of aliphatic hydroxyl groups excluding tert-OH is 1. The molecule has 5 nitrogen and oxygen atoms in total. The summed E-state index contributed by atoms with van der Waals surface area (Å²) in [4.78, 5) is 13.0. The first-order chi connectivity index (χ1) is 3.18. The highest BCUT2D eigenvalue weighted by Gasteiger charge is 2.09. The van der Waals surface area contributed by atoms with Crippen LogP contribution in [0.15, 0.2) is 0 Å². The Morgan fingerprint density at radius 1 is 1.71 bits per heavy atom. The zero-order valence-electron chi connectivity index (χ0n) is 3.37. The Morgan fingerprint density at radius 3 is 2.14 bits per heavy atom. The van der Waals surface area contributed by atoms with E-state index in [1.165, 1.54) is 0 Å². The molecule has 0 aliphatic heterocycles. The molecular formula is C2H5NO4. The van der Waals surface area contributed by atoms with Crippen molar-refractivity contribution in [1.82, 2.24) is 0 Å². The fourth-order valence-electron chi connectivity index (χ4n) is 0.0609. The zero-order chi connectivity index (χ0) is 5.86. The summed E-state index contributed by atoms with van der Waals surface area (Å²) < 4.78 is 0. The van der Waals surface area contributed by atoms with Gasteiger partial charge in [0.25, 0.3) is 6.29 Å². The van der Waals surface area contributed by atoms with Crippen molar-refractivity contribution in [3.63, 3.8) is 0 Å². The monoisotopic (exact) mass is 107 g/mol. The zero-order valence-corrected chi connectivity index (χ0v) is 3.37.